The summed E-state index contributed by atoms with van der Waals surface area (Å²) in [4.78, 5) is 24.7. The molecule has 0 aromatic heterocycles. The van der Waals surface area contributed by atoms with Gasteiger partial charge in [0.05, 0.1) is 12.8 Å². The summed E-state index contributed by atoms with van der Waals surface area (Å²) in [5.74, 6) is -1.00. The Morgan fingerprint density at radius 1 is 0.784 bits per heavy atom. The van der Waals surface area contributed by atoms with Gasteiger partial charge >= 0.3 is 11.9 Å². The quantitative estimate of drug-likeness (QED) is 0.255. The number of phenolic OH excluding ortho intramolecular Hbond substituents is 2. The summed E-state index contributed by atoms with van der Waals surface area (Å²) in [6.07, 6.45) is 7.28. The van der Waals surface area contributed by atoms with Crippen molar-refractivity contribution in [3.63, 3.8) is 0 Å². The van der Waals surface area contributed by atoms with Gasteiger partial charge in [-0.05, 0) is 53.5 Å². The number of ether oxygens (including phenoxy) is 2. The Kier molecular flexibility index (Phi) is 9.85. The molecule has 3 aromatic rings. The van der Waals surface area contributed by atoms with Crippen LogP contribution in [0.4, 0.5) is 0 Å². The maximum Gasteiger partial charge on any atom is 0.310 e. The summed E-state index contributed by atoms with van der Waals surface area (Å²) in [5.41, 5.74) is 3.42. The fraction of sp³-hybridized carbons (Fsp3) is 0.161. The molecular weight excluding hydrogens is 468 g/mol. The van der Waals surface area contributed by atoms with Gasteiger partial charge in [0.25, 0.3) is 0 Å². The lowest BCUT2D eigenvalue weighted by Gasteiger charge is -2.12. The highest BCUT2D eigenvalue weighted by atomic mass is 16.5. The van der Waals surface area contributed by atoms with Gasteiger partial charge < -0.3 is 19.7 Å². The minimum Gasteiger partial charge on any atom is -0.507 e. The first-order valence-corrected chi connectivity index (χ1v) is 11.8. The third-order valence-corrected chi connectivity index (χ3v) is 5.41. The van der Waals surface area contributed by atoms with Crippen molar-refractivity contribution in [2.45, 2.75) is 26.4 Å². The molecule has 2 N–H and O–H groups in total. The van der Waals surface area contributed by atoms with E-state index in [2.05, 4.69) is 6.58 Å². The zero-order chi connectivity index (χ0) is 26.6. The summed E-state index contributed by atoms with van der Waals surface area (Å²) in [7, 11) is 0. The number of benzene rings is 3. The van der Waals surface area contributed by atoms with Gasteiger partial charge in [-0.2, -0.15) is 0 Å². The van der Waals surface area contributed by atoms with Gasteiger partial charge in [0.15, 0.2) is 0 Å². The SMILES string of the molecule is C=C(C=CC=CC)COC(=O)Cc1ccc(O)c(-c2cc(CC(=O)OCc3ccccc3)ccc2O)c1. The second kappa shape index (κ2) is 13.5. The van der Waals surface area contributed by atoms with Crippen LogP contribution >= 0.6 is 0 Å². The van der Waals surface area contributed by atoms with Gasteiger partial charge in [0.2, 0.25) is 0 Å². The molecule has 6 nitrogen and oxygen atoms in total. The maximum absolute atomic E-state index is 12.3. The predicted molar refractivity (Wildman–Crippen MR) is 143 cm³/mol. The van der Waals surface area contributed by atoms with Crippen LogP contribution in [0.1, 0.15) is 23.6 Å². The van der Waals surface area contributed by atoms with Crippen LogP contribution in [0.5, 0.6) is 11.5 Å². The van der Waals surface area contributed by atoms with E-state index in [1.165, 1.54) is 12.1 Å². The van der Waals surface area contributed by atoms with Crippen LogP contribution in [0.3, 0.4) is 0 Å². The third-order valence-electron chi connectivity index (χ3n) is 5.41. The van der Waals surface area contributed by atoms with E-state index in [-0.39, 0.29) is 37.6 Å². The van der Waals surface area contributed by atoms with E-state index in [4.69, 9.17) is 9.47 Å². The molecule has 0 spiro atoms. The van der Waals surface area contributed by atoms with Gasteiger partial charge in [-0.25, -0.2) is 0 Å². The topological polar surface area (TPSA) is 93.1 Å². The summed E-state index contributed by atoms with van der Waals surface area (Å²) >= 11 is 0. The zero-order valence-electron chi connectivity index (χ0n) is 20.7. The summed E-state index contributed by atoms with van der Waals surface area (Å²) < 4.78 is 10.6. The molecule has 37 heavy (non-hydrogen) atoms. The molecule has 0 aliphatic rings. The zero-order valence-corrected chi connectivity index (χ0v) is 20.7. The largest absolute Gasteiger partial charge is 0.507 e. The van der Waals surface area contributed by atoms with Crippen molar-refractivity contribution in [2.24, 2.45) is 0 Å². The highest BCUT2D eigenvalue weighted by Crippen LogP contribution is 2.37. The van der Waals surface area contributed by atoms with Gasteiger partial charge in [0.1, 0.15) is 24.7 Å². The van der Waals surface area contributed by atoms with Gasteiger partial charge in [-0.15, -0.1) is 0 Å². The molecule has 0 heterocycles. The molecule has 0 bridgehead atoms. The van der Waals surface area contributed by atoms with Crippen LogP contribution in [0.15, 0.2) is 103 Å². The Morgan fingerprint density at radius 3 is 1.92 bits per heavy atom. The lowest BCUT2D eigenvalue weighted by Crippen LogP contribution is -2.09. The molecule has 6 heteroatoms. The van der Waals surface area contributed by atoms with E-state index in [1.807, 2.05) is 55.5 Å². The first-order valence-electron chi connectivity index (χ1n) is 11.8. The van der Waals surface area contributed by atoms with E-state index in [1.54, 1.807) is 30.3 Å². The number of rotatable bonds is 11. The minimum atomic E-state index is -0.448. The fourth-order valence-corrected chi connectivity index (χ4v) is 3.52. The molecule has 3 aromatic carbocycles. The molecule has 0 amide bonds. The van der Waals surface area contributed by atoms with Crippen molar-refractivity contribution in [3.05, 3.63) is 120 Å². The van der Waals surface area contributed by atoms with Crippen molar-refractivity contribution in [1.82, 2.24) is 0 Å². The molecule has 0 unspecified atom stereocenters. The molecule has 190 valence electrons. The van der Waals surface area contributed by atoms with E-state index < -0.39 is 11.9 Å². The Labute approximate surface area is 216 Å². The summed E-state index contributed by atoms with van der Waals surface area (Å²) in [6.45, 7) is 5.98. The molecule has 0 saturated heterocycles. The number of hydrogen-bond acceptors (Lipinski definition) is 6. The Bertz CT molecular complexity index is 1300. The summed E-state index contributed by atoms with van der Waals surface area (Å²) in [5, 5.41) is 20.9. The fourth-order valence-electron chi connectivity index (χ4n) is 3.52. The molecule has 0 saturated carbocycles. The average molecular weight is 499 g/mol. The number of aromatic hydroxyl groups is 2. The molecule has 0 aliphatic heterocycles. The summed E-state index contributed by atoms with van der Waals surface area (Å²) in [6, 6.07) is 18.8. The van der Waals surface area contributed by atoms with Gasteiger partial charge in [0, 0.05) is 11.1 Å². The van der Waals surface area contributed by atoms with Crippen LogP contribution in [0.25, 0.3) is 11.1 Å². The number of allylic oxidation sites excluding steroid dienone is 3. The Balaban J connectivity index is 1.67. The average Bonchev–Trinajstić information content (AvgIpc) is 2.89. The minimum absolute atomic E-state index is 0.000722. The highest BCUT2D eigenvalue weighted by Gasteiger charge is 2.15. The normalized spacial score (nSPS) is 11.1. The Hall–Kier alpha value is -4.58. The van der Waals surface area contributed by atoms with Gasteiger partial charge in [-0.3, -0.25) is 9.59 Å². The van der Waals surface area contributed by atoms with Crippen LogP contribution in [0, 0.1) is 0 Å². The maximum atomic E-state index is 12.3. The van der Waals surface area contributed by atoms with E-state index in [0.717, 1.165) is 5.56 Å². The van der Waals surface area contributed by atoms with Crippen molar-refractivity contribution in [2.75, 3.05) is 6.61 Å². The van der Waals surface area contributed by atoms with Crippen molar-refractivity contribution in [3.8, 4) is 22.6 Å². The van der Waals surface area contributed by atoms with Crippen molar-refractivity contribution < 1.29 is 29.3 Å². The third kappa shape index (κ3) is 8.54. The number of carbonyl (C=O) groups is 2. The van der Waals surface area contributed by atoms with Crippen molar-refractivity contribution >= 4 is 11.9 Å². The highest BCUT2D eigenvalue weighted by molar-refractivity contribution is 5.80. The van der Waals surface area contributed by atoms with Crippen LogP contribution in [-0.4, -0.2) is 28.8 Å². The van der Waals surface area contributed by atoms with E-state index >= 15 is 0 Å². The van der Waals surface area contributed by atoms with Crippen LogP contribution < -0.4 is 0 Å². The first-order chi connectivity index (χ1) is 17.9. The van der Waals surface area contributed by atoms with E-state index in [0.29, 0.717) is 27.8 Å². The molecule has 3 rings (SSSR count). The van der Waals surface area contributed by atoms with Crippen LogP contribution in [0.2, 0.25) is 0 Å². The number of phenols is 2. The first kappa shape index (κ1) is 27.0. The van der Waals surface area contributed by atoms with Crippen molar-refractivity contribution in [1.29, 1.82) is 0 Å². The molecule has 0 fully saturated rings. The van der Waals surface area contributed by atoms with E-state index in [9.17, 15) is 19.8 Å². The monoisotopic (exact) mass is 498 g/mol. The Morgan fingerprint density at radius 2 is 1.35 bits per heavy atom. The molecule has 0 atom stereocenters. The second-order valence-corrected chi connectivity index (χ2v) is 8.41. The lowest BCUT2D eigenvalue weighted by molar-refractivity contribution is -0.144. The number of hydrogen-bond donors (Lipinski definition) is 2. The van der Waals surface area contributed by atoms with Gasteiger partial charge in [-0.1, -0.05) is 73.3 Å². The lowest BCUT2D eigenvalue weighted by atomic mass is 9.97. The standard InChI is InChI=1S/C31H30O6/c1-3-4-6-9-22(2)20-36-30(34)18-24-12-14-28(32)26(16-24)27-17-25(13-15-29(27)33)19-31(35)37-21-23-10-7-5-8-11-23/h3-17,32-33H,2,18-21H2,1H3. The molecule has 0 radical (unpaired) electrons. The smallest absolute Gasteiger partial charge is 0.310 e. The molecule has 0 aliphatic carbocycles. The molecular formula is C31H30O6. The number of carbonyl (C=O) groups excluding carboxylic acids is 2. The van der Waals surface area contributed by atoms with Crippen LogP contribution in [-0.2, 0) is 38.5 Å². The second-order valence-electron chi connectivity index (χ2n) is 8.41. The number of esters is 2. The predicted octanol–water partition coefficient (Wildman–Crippen LogP) is 5.82.